The number of amides is 1. The lowest BCUT2D eigenvalue weighted by molar-refractivity contribution is -0.131. The summed E-state index contributed by atoms with van der Waals surface area (Å²) in [6.45, 7) is 9.48. The van der Waals surface area contributed by atoms with Crippen molar-refractivity contribution in [3.8, 4) is 11.4 Å². The van der Waals surface area contributed by atoms with E-state index in [1.807, 2.05) is 0 Å². The lowest BCUT2D eigenvalue weighted by Gasteiger charge is -2.36. The zero-order valence-corrected chi connectivity index (χ0v) is 18.7. The Morgan fingerprint density at radius 3 is 2.30 bits per heavy atom. The number of carbonyl (C=O) groups excluding carboxylic acids is 1. The molecule has 2 fully saturated rings. The van der Waals surface area contributed by atoms with E-state index in [0.29, 0.717) is 12.3 Å². The molecule has 0 bridgehead atoms. The van der Waals surface area contributed by atoms with Gasteiger partial charge < -0.3 is 9.80 Å². The fraction of sp³-hybridized carbons (Fsp3) is 0.560. The molecule has 0 N–H and O–H groups in total. The van der Waals surface area contributed by atoms with Crippen LogP contribution in [0.15, 0.2) is 24.3 Å². The SMILES string of the molecule is Cc1ccc(-c2nc(C)c(C)c(N3CCN(C(=O)CCC4CCCC4)CC3)n2)cc1. The zero-order chi connectivity index (χ0) is 21.1. The maximum absolute atomic E-state index is 12.7. The van der Waals surface area contributed by atoms with E-state index in [0.717, 1.165) is 67.0 Å². The standard InChI is InChI=1S/C25H34N4O/c1-18-8-11-22(12-9-18)24-26-20(3)19(2)25(27-24)29-16-14-28(15-17-29)23(30)13-10-21-6-4-5-7-21/h8-9,11-12,21H,4-7,10,13-17H2,1-3H3. The van der Waals surface area contributed by atoms with Crippen molar-refractivity contribution in [1.82, 2.24) is 14.9 Å². The molecule has 1 aromatic carbocycles. The first kappa shape index (κ1) is 20.8. The molecular formula is C25H34N4O. The molecule has 1 aromatic heterocycles. The number of aryl methyl sites for hydroxylation is 2. The average molecular weight is 407 g/mol. The van der Waals surface area contributed by atoms with Crippen molar-refractivity contribution >= 4 is 11.7 Å². The van der Waals surface area contributed by atoms with E-state index >= 15 is 0 Å². The van der Waals surface area contributed by atoms with E-state index in [-0.39, 0.29) is 0 Å². The van der Waals surface area contributed by atoms with Gasteiger partial charge in [-0.3, -0.25) is 4.79 Å². The molecular weight excluding hydrogens is 372 g/mol. The van der Waals surface area contributed by atoms with E-state index < -0.39 is 0 Å². The Morgan fingerprint density at radius 1 is 0.967 bits per heavy atom. The first-order valence-corrected chi connectivity index (χ1v) is 11.5. The second-order valence-electron chi connectivity index (χ2n) is 9.00. The Hall–Kier alpha value is -2.43. The third-order valence-electron chi connectivity index (χ3n) is 6.85. The molecule has 2 aromatic rings. The van der Waals surface area contributed by atoms with Gasteiger partial charge in [0.15, 0.2) is 5.82 Å². The lowest BCUT2D eigenvalue weighted by Crippen LogP contribution is -2.49. The van der Waals surface area contributed by atoms with Crippen molar-refractivity contribution in [3.05, 3.63) is 41.1 Å². The highest BCUT2D eigenvalue weighted by molar-refractivity contribution is 5.76. The first-order chi connectivity index (χ1) is 14.5. The summed E-state index contributed by atoms with van der Waals surface area (Å²) in [5, 5.41) is 0. The molecule has 4 rings (SSSR count). The second-order valence-corrected chi connectivity index (χ2v) is 9.00. The molecule has 0 atom stereocenters. The minimum atomic E-state index is 0.331. The summed E-state index contributed by atoms with van der Waals surface area (Å²) in [5.41, 5.74) is 4.43. The molecule has 1 saturated heterocycles. The lowest BCUT2D eigenvalue weighted by atomic mass is 10.0. The summed E-state index contributed by atoms with van der Waals surface area (Å²) < 4.78 is 0. The van der Waals surface area contributed by atoms with Crippen LogP contribution in [0.2, 0.25) is 0 Å². The number of aromatic nitrogens is 2. The Kier molecular flexibility index (Phi) is 6.35. The predicted molar refractivity (Wildman–Crippen MR) is 122 cm³/mol. The largest absolute Gasteiger partial charge is 0.353 e. The van der Waals surface area contributed by atoms with Gasteiger partial charge in [0.05, 0.1) is 0 Å². The molecule has 0 spiro atoms. The van der Waals surface area contributed by atoms with E-state index in [9.17, 15) is 4.79 Å². The van der Waals surface area contributed by atoms with Gasteiger partial charge in [0.25, 0.3) is 0 Å². The number of carbonyl (C=O) groups is 1. The number of hydrogen-bond donors (Lipinski definition) is 0. The van der Waals surface area contributed by atoms with E-state index in [2.05, 4.69) is 54.8 Å². The third kappa shape index (κ3) is 4.66. The van der Waals surface area contributed by atoms with E-state index in [1.165, 1.54) is 31.2 Å². The molecule has 2 heterocycles. The van der Waals surface area contributed by atoms with Gasteiger partial charge in [-0.05, 0) is 33.1 Å². The monoisotopic (exact) mass is 406 g/mol. The number of rotatable bonds is 5. The molecule has 1 aliphatic carbocycles. The first-order valence-electron chi connectivity index (χ1n) is 11.5. The molecule has 5 nitrogen and oxygen atoms in total. The molecule has 160 valence electrons. The molecule has 30 heavy (non-hydrogen) atoms. The molecule has 0 unspecified atom stereocenters. The normalized spacial score (nSPS) is 17.6. The average Bonchev–Trinajstić information content (AvgIpc) is 3.28. The van der Waals surface area contributed by atoms with Crippen molar-refractivity contribution in [2.75, 3.05) is 31.1 Å². The number of benzene rings is 1. The van der Waals surface area contributed by atoms with Gasteiger partial charge in [-0.25, -0.2) is 9.97 Å². The summed E-state index contributed by atoms with van der Waals surface area (Å²) >= 11 is 0. The predicted octanol–water partition coefficient (Wildman–Crippen LogP) is 4.69. The van der Waals surface area contributed by atoms with Crippen LogP contribution in [-0.2, 0) is 4.79 Å². The molecule has 1 amide bonds. The van der Waals surface area contributed by atoms with Crippen LogP contribution in [0.3, 0.4) is 0 Å². The maximum Gasteiger partial charge on any atom is 0.222 e. The van der Waals surface area contributed by atoms with Gasteiger partial charge in [-0.2, -0.15) is 0 Å². The molecule has 2 aliphatic rings. The summed E-state index contributed by atoms with van der Waals surface area (Å²) in [6, 6.07) is 8.38. The summed E-state index contributed by atoms with van der Waals surface area (Å²) in [4.78, 5) is 26.7. The van der Waals surface area contributed by atoms with Gasteiger partial charge in [0, 0.05) is 49.4 Å². The minimum absolute atomic E-state index is 0.331. The van der Waals surface area contributed by atoms with Crippen LogP contribution < -0.4 is 4.90 Å². The Morgan fingerprint density at radius 2 is 1.63 bits per heavy atom. The Bertz CT molecular complexity index is 879. The summed E-state index contributed by atoms with van der Waals surface area (Å²) in [7, 11) is 0. The van der Waals surface area contributed by atoms with Crippen molar-refractivity contribution in [3.63, 3.8) is 0 Å². The Labute approximate surface area is 180 Å². The number of hydrogen-bond acceptors (Lipinski definition) is 4. The molecule has 1 aliphatic heterocycles. The number of anilines is 1. The third-order valence-corrected chi connectivity index (χ3v) is 6.85. The van der Waals surface area contributed by atoms with Crippen molar-refractivity contribution in [2.24, 2.45) is 5.92 Å². The fourth-order valence-electron chi connectivity index (χ4n) is 4.71. The minimum Gasteiger partial charge on any atom is -0.353 e. The summed E-state index contributed by atoms with van der Waals surface area (Å²) in [6.07, 6.45) is 7.12. The van der Waals surface area contributed by atoms with Crippen molar-refractivity contribution < 1.29 is 4.79 Å². The quantitative estimate of drug-likeness (QED) is 0.723. The van der Waals surface area contributed by atoms with E-state index in [1.54, 1.807) is 0 Å². The van der Waals surface area contributed by atoms with Crippen LogP contribution in [0.4, 0.5) is 5.82 Å². The van der Waals surface area contributed by atoms with Gasteiger partial charge in [-0.1, -0.05) is 55.5 Å². The van der Waals surface area contributed by atoms with Gasteiger partial charge >= 0.3 is 0 Å². The topological polar surface area (TPSA) is 49.3 Å². The van der Waals surface area contributed by atoms with Gasteiger partial charge in [0.1, 0.15) is 5.82 Å². The second kappa shape index (κ2) is 9.15. The Balaban J connectivity index is 1.41. The van der Waals surface area contributed by atoms with Gasteiger partial charge in [-0.15, -0.1) is 0 Å². The molecule has 0 radical (unpaired) electrons. The van der Waals surface area contributed by atoms with Crippen LogP contribution >= 0.6 is 0 Å². The van der Waals surface area contributed by atoms with Crippen LogP contribution in [0.25, 0.3) is 11.4 Å². The van der Waals surface area contributed by atoms with Crippen LogP contribution in [-0.4, -0.2) is 47.0 Å². The number of nitrogens with zero attached hydrogens (tertiary/aromatic N) is 4. The van der Waals surface area contributed by atoms with Crippen LogP contribution in [0, 0.1) is 26.7 Å². The van der Waals surface area contributed by atoms with Crippen molar-refractivity contribution in [2.45, 2.75) is 59.3 Å². The smallest absolute Gasteiger partial charge is 0.222 e. The fourth-order valence-corrected chi connectivity index (χ4v) is 4.71. The highest BCUT2D eigenvalue weighted by Gasteiger charge is 2.25. The van der Waals surface area contributed by atoms with Gasteiger partial charge in [0.2, 0.25) is 5.91 Å². The van der Waals surface area contributed by atoms with Crippen molar-refractivity contribution in [1.29, 1.82) is 0 Å². The number of piperazine rings is 1. The van der Waals surface area contributed by atoms with Crippen LogP contribution in [0.5, 0.6) is 0 Å². The molecule has 5 heteroatoms. The van der Waals surface area contributed by atoms with Crippen LogP contribution in [0.1, 0.15) is 55.3 Å². The zero-order valence-electron chi connectivity index (χ0n) is 18.7. The molecule has 1 saturated carbocycles. The summed E-state index contributed by atoms with van der Waals surface area (Å²) in [5.74, 6) is 2.90. The highest BCUT2D eigenvalue weighted by Crippen LogP contribution is 2.29. The highest BCUT2D eigenvalue weighted by atomic mass is 16.2. The maximum atomic E-state index is 12.7. The van der Waals surface area contributed by atoms with E-state index in [4.69, 9.17) is 9.97 Å².